The van der Waals surface area contributed by atoms with Gasteiger partial charge in [-0.15, -0.1) is 0 Å². The van der Waals surface area contributed by atoms with Crippen LogP contribution in [0.2, 0.25) is 5.02 Å². The van der Waals surface area contributed by atoms with Crippen molar-refractivity contribution < 1.29 is 19.1 Å². The molecule has 1 fully saturated rings. The second kappa shape index (κ2) is 8.35. The minimum Gasteiger partial charge on any atom is -0.493 e. The molecular formula is C21H21ClN2O4. The first kappa shape index (κ1) is 19.8. The van der Waals surface area contributed by atoms with Crippen LogP contribution in [0, 0.1) is 6.92 Å². The predicted octanol–water partition coefficient (Wildman–Crippen LogP) is 4.15. The number of carbonyl (C=O) groups excluding carboxylic acids is 2. The molecular weight excluding hydrogens is 380 g/mol. The lowest BCUT2D eigenvalue weighted by atomic mass is 10.1. The Morgan fingerprint density at radius 3 is 2.64 bits per heavy atom. The molecule has 7 heteroatoms. The summed E-state index contributed by atoms with van der Waals surface area (Å²) in [6.07, 6.45) is 1.54. The Hall–Kier alpha value is -2.99. The van der Waals surface area contributed by atoms with Crippen LogP contribution in [0.5, 0.6) is 11.5 Å². The maximum absolute atomic E-state index is 12.7. The summed E-state index contributed by atoms with van der Waals surface area (Å²) >= 11 is 6.31. The number of hydrogen-bond donors (Lipinski definition) is 1. The molecule has 0 radical (unpaired) electrons. The van der Waals surface area contributed by atoms with Crippen LogP contribution in [0.15, 0.2) is 42.1 Å². The van der Waals surface area contributed by atoms with Crippen LogP contribution in [0.4, 0.5) is 4.79 Å². The van der Waals surface area contributed by atoms with E-state index in [0.29, 0.717) is 28.7 Å². The Labute approximate surface area is 168 Å². The molecule has 3 amide bonds. The number of hydrogen-bond acceptors (Lipinski definition) is 4. The van der Waals surface area contributed by atoms with Gasteiger partial charge in [0.2, 0.25) is 0 Å². The fraction of sp³-hybridized carbons (Fsp3) is 0.238. The topological polar surface area (TPSA) is 67.9 Å². The van der Waals surface area contributed by atoms with Crippen LogP contribution < -0.4 is 14.8 Å². The summed E-state index contributed by atoms with van der Waals surface area (Å²) in [6.45, 7) is 4.47. The maximum atomic E-state index is 12.7. The summed E-state index contributed by atoms with van der Waals surface area (Å²) in [6, 6.07) is 10.5. The van der Waals surface area contributed by atoms with Gasteiger partial charge in [-0.1, -0.05) is 41.4 Å². The quantitative estimate of drug-likeness (QED) is 0.584. The smallest absolute Gasteiger partial charge is 0.329 e. The monoisotopic (exact) mass is 400 g/mol. The zero-order valence-corrected chi connectivity index (χ0v) is 16.7. The lowest BCUT2D eigenvalue weighted by molar-refractivity contribution is -0.123. The molecule has 28 heavy (non-hydrogen) atoms. The maximum Gasteiger partial charge on any atom is 0.329 e. The van der Waals surface area contributed by atoms with Crippen molar-refractivity contribution in [2.45, 2.75) is 20.4 Å². The number of amides is 3. The van der Waals surface area contributed by atoms with Gasteiger partial charge in [-0.25, -0.2) is 4.79 Å². The molecule has 1 heterocycles. The molecule has 1 aliphatic heterocycles. The number of carbonyl (C=O) groups is 2. The first-order valence-corrected chi connectivity index (χ1v) is 9.21. The first-order valence-electron chi connectivity index (χ1n) is 8.83. The van der Waals surface area contributed by atoms with Gasteiger partial charge in [-0.05, 0) is 37.1 Å². The molecule has 3 rings (SSSR count). The van der Waals surface area contributed by atoms with E-state index in [1.54, 1.807) is 18.2 Å². The Bertz CT molecular complexity index is 955. The van der Waals surface area contributed by atoms with E-state index in [-0.39, 0.29) is 12.2 Å². The average Bonchev–Trinajstić information content (AvgIpc) is 2.92. The fourth-order valence-electron chi connectivity index (χ4n) is 2.95. The summed E-state index contributed by atoms with van der Waals surface area (Å²) in [7, 11) is 1.52. The third-order valence-electron chi connectivity index (χ3n) is 4.27. The minimum atomic E-state index is -0.465. The highest BCUT2D eigenvalue weighted by molar-refractivity contribution is 6.32. The number of halogens is 1. The van der Waals surface area contributed by atoms with Gasteiger partial charge in [-0.3, -0.25) is 9.69 Å². The molecule has 0 bridgehead atoms. The zero-order valence-electron chi connectivity index (χ0n) is 15.9. The summed E-state index contributed by atoms with van der Waals surface area (Å²) in [4.78, 5) is 26.2. The number of nitrogens with zero attached hydrogens (tertiary/aromatic N) is 1. The van der Waals surface area contributed by atoms with Crippen molar-refractivity contribution in [3.63, 3.8) is 0 Å². The highest BCUT2D eigenvalue weighted by Crippen LogP contribution is 2.34. The average molecular weight is 401 g/mol. The number of benzene rings is 2. The molecule has 0 spiro atoms. The zero-order chi connectivity index (χ0) is 20.3. The molecule has 0 aliphatic carbocycles. The Morgan fingerprint density at radius 1 is 1.18 bits per heavy atom. The van der Waals surface area contributed by atoms with Crippen LogP contribution >= 0.6 is 11.6 Å². The number of imide groups is 1. The number of urea groups is 1. The summed E-state index contributed by atoms with van der Waals surface area (Å²) in [5.74, 6) is 0.600. The summed E-state index contributed by atoms with van der Waals surface area (Å²) in [5.41, 5.74) is 2.65. The van der Waals surface area contributed by atoms with Gasteiger partial charge in [-0.2, -0.15) is 0 Å². The first-order chi connectivity index (χ1) is 13.4. The van der Waals surface area contributed by atoms with E-state index in [1.807, 2.05) is 38.1 Å². The van der Waals surface area contributed by atoms with Gasteiger partial charge >= 0.3 is 6.03 Å². The van der Waals surface area contributed by atoms with Gasteiger partial charge < -0.3 is 14.8 Å². The van der Waals surface area contributed by atoms with Gasteiger partial charge in [0.25, 0.3) is 5.91 Å². The van der Waals surface area contributed by atoms with Crippen molar-refractivity contribution in [2.75, 3.05) is 13.7 Å². The van der Waals surface area contributed by atoms with Crippen LogP contribution in [0.25, 0.3) is 6.08 Å². The Balaban J connectivity index is 1.88. The molecule has 0 unspecified atom stereocenters. The standard InChI is InChI=1S/C21H21ClN2O4/c1-4-28-19-10-15(16(22)11-18(19)27-3)9-17-20(25)24(21(26)23-17)12-14-7-5-6-13(2)8-14/h5-11H,4,12H2,1-3H3,(H,23,26)/b17-9+. The molecule has 1 saturated heterocycles. The number of ether oxygens (including phenoxy) is 2. The van der Waals surface area contributed by atoms with Crippen molar-refractivity contribution in [1.82, 2.24) is 10.2 Å². The molecule has 2 aromatic carbocycles. The summed E-state index contributed by atoms with van der Waals surface area (Å²) in [5, 5.41) is 2.99. The highest BCUT2D eigenvalue weighted by Gasteiger charge is 2.33. The van der Waals surface area contributed by atoms with Crippen molar-refractivity contribution in [1.29, 1.82) is 0 Å². The van der Waals surface area contributed by atoms with Crippen molar-refractivity contribution in [3.8, 4) is 11.5 Å². The minimum absolute atomic E-state index is 0.159. The largest absolute Gasteiger partial charge is 0.493 e. The number of aryl methyl sites for hydroxylation is 1. The number of nitrogens with one attached hydrogen (secondary N) is 1. The van der Waals surface area contributed by atoms with Gasteiger partial charge in [0.1, 0.15) is 5.70 Å². The van der Waals surface area contributed by atoms with E-state index in [4.69, 9.17) is 21.1 Å². The summed E-state index contributed by atoms with van der Waals surface area (Å²) < 4.78 is 10.8. The second-order valence-electron chi connectivity index (χ2n) is 6.33. The van der Waals surface area contributed by atoms with Crippen LogP contribution in [0.3, 0.4) is 0 Å². The van der Waals surface area contributed by atoms with Crippen LogP contribution in [-0.2, 0) is 11.3 Å². The van der Waals surface area contributed by atoms with Gasteiger partial charge in [0.05, 0.1) is 25.3 Å². The Kier molecular flexibility index (Phi) is 5.90. The third-order valence-corrected chi connectivity index (χ3v) is 4.60. The number of methoxy groups -OCH3 is 1. The van der Waals surface area contributed by atoms with Crippen molar-refractivity contribution in [2.24, 2.45) is 0 Å². The molecule has 0 saturated carbocycles. The van der Waals surface area contributed by atoms with E-state index in [2.05, 4.69) is 5.32 Å². The molecule has 1 N–H and O–H groups in total. The van der Waals surface area contributed by atoms with E-state index in [0.717, 1.165) is 11.1 Å². The SMILES string of the molecule is CCOc1cc(/C=C2/NC(=O)N(Cc3cccc(C)c3)C2=O)c(Cl)cc1OC. The highest BCUT2D eigenvalue weighted by atomic mass is 35.5. The van der Waals surface area contributed by atoms with Crippen molar-refractivity contribution >= 4 is 29.6 Å². The lowest BCUT2D eigenvalue weighted by Crippen LogP contribution is -2.30. The van der Waals surface area contributed by atoms with E-state index in [9.17, 15) is 9.59 Å². The lowest BCUT2D eigenvalue weighted by Gasteiger charge is -2.12. The molecule has 2 aromatic rings. The van der Waals surface area contributed by atoms with Crippen molar-refractivity contribution in [3.05, 3.63) is 63.8 Å². The van der Waals surface area contributed by atoms with Gasteiger partial charge in [0, 0.05) is 6.07 Å². The fourth-order valence-corrected chi connectivity index (χ4v) is 3.16. The van der Waals surface area contributed by atoms with E-state index < -0.39 is 11.9 Å². The number of rotatable bonds is 6. The molecule has 0 aromatic heterocycles. The van der Waals surface area contributed by atoms with Crippen LogP contribution in [-0.4, -0.2) is 30.6 Å². The normalized spacial score (nSPS) is 15.1. The van der Waals surface area contributed by atoms with Crippen LogP contribution in [0.1, 0.15) is 23.6 Å². The molecule has 146 valence electrons. The molecule has 0 atom stereocenters. The second-order valence-corrected chi connectivity index (χ2v) is 6.73. The Morgan fingerprint density at radius 2 is 1.96 bits per heavy atom. The molecule has 6 nitrogen and oxygen atoms in total. The van der Waals surface area contributed by atoms with Gasteiger partial charge in [0.15, 0.2) is 11.5 Å². The predicted molar refractivity (Wildman–Crippen MR) is 107 cm³/mol. The van der Waals surface area contributed by atoms with E-state index in [1.165, 1.54) is 12.0 Å². The molecule has 1 aliphatic rings. The third kappa shape index (κ3) is 4.12. The van der Waals surface area contributed by atoms with E-state index >= 15 is 0 Å².